The molecular formula is C14H21NO2. The average molecular weight is 235 g/mol. The third-order valence-electron chi connectivity index (χ3n) is 2.69. The first kappa shape index (κ1) is 13.7. The number of hydrogen-bond acceptors (Lipinski definition) is 3. The Morgan fingerprint density at radius 3 is 2.59 bits per heavy atom. The van der Waals surface area contributed by atoms with Crippen LogP contribution in [0.5, 0.6) is 5.75 Å². The Morgan fingerprint density at radius 1 is 1.35 bits per heavy atom. The van der Waals surface area contributed by atoms with E-state index in [4.69, 9.17) is 4.74 Å². The minimum absolute atomic E-state index is 0.117. The van der Waals surface area contributed by atoms with Gasteiger partial charge < -0.3 is 14.8 Å². The SMILES string of the molecule is COc1ccc(C(C)(C)C)cc1CNCC=O. The molecule has 0 unspecified atom stereocenters. The van der Waals surface area contributed by atoms with E-state index in [0.717, 1.165) is 17.6 Å². The highest BCUT2D eigenvalue weighted by Gasteiger charge is 2.15. The fourth-order valence-electron chi connectivity index (χ4n) is 1.65. The summed E-state index contributed by atoms with van der Waals surface area (Å²) in [6.07, 6.45) is 0.861. The lowest BCUT2D eigenvalue weighted by atomic mass is 9.86. The molecular weight excluding hydrogens is 214 g/mol. The zero-order valence-corrected chi connectivity index (χ0v) is 11.0. The Hall–Kier alpha value is -1.35. The van der Waals surface area contributed by atoms with E-state index in [1.165, 1.54) is 5.56 Å². The number of aldehydes is 1. The van der Waals surface area contributed by atoms with Crippen LogP contribution in [0.4, 0.5) is 0 Å². The Bertz CT molecular complexity index is 380. The largest absolute Gasteiger partial charge is 0.496 e. The molecule has 0 aliphatic rings. The zero-order chi connectivity index (χ0) is 12.9. The van der Waals surface area contributed by atoms with Crippen molar-refractivity contribution < 1.29 is 9.53 Å². The first-order valence-electron chi connectivity index (χ1n) is 5.81. The van der Waals surface area contributed by atoms with Gasteiger partial charge in [-0.1, -0.05) is 32.9 Å². The maximum Gasteiger partial charge on any atom is 0.133 e. The molecule has 0 aliphatic heterocycles. The van der Waals surface area contributed by atoms with Crippen molar-refractivity contribution in [2.45, 2.75) is 32.7 Å². The van der Waals surface area contributed by atoms with Crippen molar-refractivity contribution in [2.75, 3.05) is 13.7 Å². The van der Waals surface area contributed by atoms with E-state index in [9.17, 15) is 4.79 Å². The fraction of sp³-hybridized carbons (Fsp3) is 0.500. The lowest BCUT2D eigenvalue weighted by molar-refractivity contribution is -0.107. The van der Waals surface area contributed by atoms with Gasteiger partial charge in [-0.05, 0) is 17.0 Å². The number of nitrogens with one attached hydrogen (secondary N) is 1. The van der Waals surface area contributed by atoms with Crippen molar-refractivity contribution in [3.63, 3.8) is 0 Å². The zero-order valence-electron chi connectivity index (χ0n) is 11.0. The second-order valence-electron chi connectivity index (χ2n) is 5.07. The van der Waals surface area contributed by atoms with Crippen LogP contribution in [0.15, 0.2) is 18.2 Å². The van der Waals surface area contributed by atoms with Gasteiger partial charge in [0.15, 0.2) is 0 Å². The van der Waals surface area contributed by atoms with Crippen LogP contribution in [0.1, 0.15) is 31.9 Å². The lowest BCUT2D eigenvalue weighted by Crippen LogP contribution is -2.17. The quantitative estimate of drug-likeness (QED) is 0.628. The highest BCUT2D eigenvalue weighted by molar-refractivity contribution is 5.52. The average Bonchev–Trinajstić information content (AvgIpc) is 2.28. The Labute approximate surface area is 103 Å². The number of benzene rings is 1. The normalized spacial score (nSPS) is 11.3. The minimum atomic E-state index is 0.117. The molecule has 0 radical (unpaired) electrons. The first-order valence-corrected chi connectivity index (χ1v) is 5.81. The van der Waals surface area contributed by atoms with Crippen LogP contribution in [-0.4, -0.2) is 19.9 Å². The molecule has 0 heterocycles. The number of ether oxygens (including phenoxy) is 1. The van der Waals surface area contributed by atoms with Gasteiger partial charge in [0.05, 0.1) is 13.7 Å². The van der Waals surface area contributed by atoms with Gasteiger partial charge in [-0.15, -0.1) is 0 Å². The van der Waals surface area contributed by atoms with Crippen LogP contribution in [0, 0.1) is 0 Å². The fourth-order valence-corrected chi connectivity index (χ4v) is 1.65. The van der Waals surface area contributed by atoms with Crippen molar-refractivity contribution >= 4 is 6.29 Å². The molecule has 0 fully saturated rings. The molecule has 0 amide bonds. The number of hydrogen-bond donors (Lipinski definition) is 1. The molecule has 3 nitrogen and oxygen atoms in total. The smallest absolute Gasteiger partial charge is 0.133 e. The predicted molar refractivity (Wildman–Crippen MR) is 69.5 cm³/mol. The molecule has 3 heteroatoms. The summed E-state index contributed by atoms with van der Waals surface area (Å²) in [7, 11) is 1.66. The van der Waals surface area contributed by atoms with Gasteiger partial charge >= 0.3 is 0 Å². The number of carbonyl (C=O) groups is 1. The third kappa shape index (κ3) is 3.86. The molecule has 0 atom stereocenters. The molecule has 1 aromatic rings. The van der Waals surface area contributed by atoms with Gasteiger partial charge in [0.1, 0.15) is 12.0 Å². The van der Waals surface area contributed by atoms with E-state index in [-0.39, 0.29) is 5.41 Å². The van der Waals surface area contributed by atoms with Crippen molar-refractivity contribution in [3.05, 3.63) is 29.3 Å². The first-order chi connectivity index (χ1) is 7.99. The second kappa shape index (κ2) is 5.82. The minimum Gasteiger partial charge on any atom is -0.496 e. The highest BCUT2D eigenvalue weighted by Crippen LogP contribution is 2.27. The van der Waals surface area contributed by atoms with Gasteiger partial charge in [0, 0.05) is 12.1 Å². The molecule has 0 saturated carbocycles. The van der Waals surface area contributed by atoms with Crippen molar-refractivity contribution in [1.82, 2.24) is 5.32 Å². The van der Waals surface area contributed by atoms with Crippen molar-refractivity contribution in [3.8, 4) is 5.75 Å². The maximum absolute atomic E-state index is 10.3. The van der Waals surface area contributed by atoms with Crippen molar-refractivity contribution in [1.29, 1.82) is 0 Å². The summed E-state index contributed by atoms with van der Waals surface area (Å²) >= 11 is 0. The molecule has 17 heavy (non-hydrogen) atoms. The van der Waals surface area contributed by atoms with Gasteiger partial charge in [-0.3, -0.25) is 0 Å². The molecule has 1 rings (SSSR count). The Kier molecular flexibility index (Phi) is 4.70. The monoisotopic (exact) mass is 235 g/mol. The van der Waals surface area contributed by atoms with E-state index >= 15 is 0 Å². The van der Waals surface area contributed by atoms with Crippen LogP contribution in [0.25, 0.3) is 0 Å². The van der Waals surface area contributed by atoms with Gasteiger partial charge in [-0.2, -0.15) is 0 Å². The van der Waals surface area contributed by atoms with E-state index in [2.05, 4.69) is 38.2 Å². The standard InChI is InChI=1S/C14H21NO2/c1-14(2,3)12-5-6-13(17-4)11(9-12)10-15-7-8-16/h5-6,8-9,15H,7,10H2,1-4H3. The van der Waals surface area contributed by atoms with Gasteiger partial charge in [0.25, 0.3) is 0 Å². The van der Waals surface area contributed by atoms with E-state index in [0.29, 0.717) is 13.1 Å². The van der Waals surface area contributed by atoms with Crippen LogP contribution >= 0.6 is 0 Å². The summed E-state index contributed by atoms with van der Waals surface area (Å²) in [5, 5.41) is 3.06. The molecule has 0 spiro atoms. The molecule has 1 N–H and O–H groups in total. The highest BCUT2D eigenvalue weighted by atomic mass is 16.5. The van der Waals surface area contributed by atoms with Crippen molar-refractivity contribution in [2.24, 2.45) is 0 Å². The third-order valence-corrected chi connectivity index (χ3v) is 2.69. The molecule has 0 aliphatic carbocycles. The van der Waals surface area contributed by atoms with Crippen LogP contribution < -0.4 is 10.1 Å². The summed E-state index contributed by atoms with van der Waals surface area (Å²) in [6.45, 7) is 7.54. The number of carbonyl (C=O) groups excluding carboxylic acids is 1. The van der Waals surface area contributed by atoms with E-state index < -0.39 is 0 Å². The van der Waals surface area contributed by atoms with Gasteiger partial charge in [0.2, 0.25) is 0 Å². The molecule has 0 saturated heterocycles. The van der Waals surface area contributed by atoms with Crippen LogP contribution in [-0.2, 0) is 16.8 Å². The summed E-state index contributed by atoms with van der Waals surface area (Å²) in [5.74, 6) is 0.858. The van der Waals surface area contributed by atoms with Crippen LogP contribution in [0.2, 0.25) is 0 Å². The van der Waals surface area contributed by atoms with E-state index in [1.54, 1.807) is 7.11 Å². The molecule has 1 aromatic carbocycles. The lowest BCUT2D eigenvalue weighted by Gasteiger charge is -2.21. The summed E-state index contributed by atoms with van der Waals surface area (Å²) in [6, 6.07) is 6.21. The van der Waals surface area contributed by atoms with Crippen LogP contribution in [0.3, 0.4) is 0 Å². The summed E-state index contributed by atoms with van der Waals surface area (Å²) < 4.78 is 5.32. The number of methoxy groups -OCH3 is 1. The summed E-state index contributed by atoms with van der Waals surface area (Å²) in [5.41, 5.74) is 2.47. The Morgan fingerprint density at radius 2 is 2.06 bits per heavy atom. The van der Waals surface area contributed by atoms with Gasteiger partial charge in [-0.25, -0.2) is 0 Å². The summed E-state index contributed by atoms with van der Waals surface area (Å²) in [4.78, 5) is 10.3. The molecule has 94 valence electrons. The molecule has 0 aromatic heterocycles. The molecule has 0 bridgehead atoms. The number of rotatable bonds is 5. The van der Waals surface area contributed by atoms with E-state index in [1.807, 2.05) is 6.07 Å². The Balaban J connectivity index is 2.94. The topological polar surface area (TPSA) is 38.3 Å². The maximum atomic E-state index is 10.3. The second-order valence-corrected chi connectivity index (χ2v) is 5.07. The predicted octanol–water partition coefficient (Wildman–Crippen LogP) is 2.28.